The molecule has 0 aromatic heterocycles. The van der Waals surface area contributed by atoms with Gasteiger partial charge in [-0.15, -0.1) is 0 Å². The fourth-order valence-electron chi connectivity index (χ4n) is 3.95. The van der Waals surface area contributed by atoms with Crippen LogP contribution in [0.4, 0.5) is 0 Å². The number of carbonyl (C=O) groups excluding carboxylic acids is 2. The van der Waals surface area contributed by atoms with Gasteiger partial charge in [0.25, 0.3) is 0 Å². The Morgan fingerprint density at radius 2 is 1.84 bits per heavy atom. The molecular weight excluding hydrogens is 330 g/mol. The maximum absolute atomic E-state index is 12.6. The van der Waals surface area contributed by atoms with Crippen LogP contribution in [0.15, 0.2) is 0 Å². The lowest BCUT2D eigenvalue weighted by Gasteiger charge is -2.33. The molecule has 1 heterocycles. The van der Waals surface area contributed by atoms with Crippen molar-refractivity contribution in [3.8, 4) is 0 Å². The second kappa shape index (κ2) is 8.28. The van der Waals surface area contributed by atoms with E-state index in [0.29, 0.717) is 6.42 Å². The van der Waals surface area contributed by atoms with E-state index in [1.807, 2.05) is 0 Å². The summed E-state index contributed by atoms with van der Waals surface area (Å²) in [5.74, 6) is -3.06. The summed E-state index contributed by atoms with van der Waals surface area (Å²) in [6.45, 7) is -0.200. The zero-order valence-electron chi connectivity index (χ0n) is 14.0. The van der Waals surface area contributed by atoms with E-state index in [1.165, 1.54) is 4.90 Å². The summed E-state index contributed by atoms with van der Waals surface area (Å²) in [6, 6.07) is -2.06. The van der Waals surface area contributed by atoms with Gasteiger partial charge in [-0.2, -0.15) is 0 Å². The minimum atomic E-state index is -1.29. The van der Waals surface area contributed by atoms with E-state index in [1.54, 1.807) is 0 Å². The van der Waals surface area contributed by atoms with Gasteiger partial charge in [-0.05, 0) is 31.6 Å². The molecule has 2 rings (SSSR count). The van der Waals surface area contributed by atoms with E-state index in [0.717, 1.165) is 25.7 Å². The Bertz CT molecular complexity index is 552. The van der Waals surface area contributed by atoms with Crippen molar-refractivity contribution in [3.63, 3.8) is 0 Å². The number of fused-ring (bicyclic) bond motifs is 1. The Morgan fingerprint density at radius 1 is 1.16 bits per heavy atom. The summed E-state index contributed by atoms with van der Waals surface area (Å²) in [7, 11) is 0. The van der Waals surface area contributed by atoms with Crippen LogP contribution in [-0.2, 0) is 19.2 Å². The molecule has 2 aliphatic rings. The van der Waals surface area contributed by atoms with Gasteiger partial charge >= 0.3 is 11.9 Å². The molecule has 4 atom stereocenters. The fraction of sp³-hybridized carbons (Fsp3) is 0.750. The molecular formula is C16H25N3O6. The molecule has 5 N–H and O–H groups in total. The molecule has 0 spiro atoms. The minimum Gasteiger partial charge on any atom is -0.481 e. The van der Waals surface area contributed by atoms with Crippen molar-refractivity contribution >= 4 is 23.8 Å². The number of rotatable bonds is 7. The van der Waals surface area contributed by atoms with Crippen LogP contribution in [0.3, 0.4) is 0 Å². The molecule has 140 valence electrons. The molecule has 2 amide bonds. The lowest BCUT2D eigenvalue weighted by molar-refractivity contribution is -0.145. The molecule has 0 unspecified atom stereocenters. The molecule has 2 fully saturated rings. The lowest BCUT2D eigenvalue weighted by Crippen LogP contribution is -2.54. The predicted molar refractivity (Wildman–Crippen MR) is 86.5 cm³/mol. The second-order valence-electron chi connectivity index (χ2n) is 6.70. The van der Waals surface area contributed by atoms with Crippen LogP contribution in [0.2, 0.25) is 0 Å². The van der Waals surface area contributed by atoms with Crippen LogP contribution in [0.1, 0.15) is 44.9 Å². The summed E-state index contributed by atoms with van der Waals surface area (Å²) in [5.41, 5.74) is 5.48. The molecule has 9 nitrogen and oxygen atoms in total. The molecule has 9 heteroatoms. The van der Waals surface area contributed by atoms with Crippen LogP contribution in [-0.4, -0.2) is 63.5 Å². The first kappa shape index (κ1) is 19.2. The average Bonchev–Trinajstić information content (AvgIpc) is 2.96. The summed E-state index contributed by atoms with van der Waals surface area (Å²) >= 11 is 0. The summed E-state index contributed by atoms with van der Waals surface area (Å²) in [5, 5.41) is 20.3. The third-order valence-electron chi connectivity index (χ3n) is 5.11. The number of nitrogens with one attached hydrogen (secondary N) is 1. The zero-order valence-corrected chi connectivity index (χ0v) is 14.0. The topological polar surface area (TPSA) is 150 Å². The zero-order chi connectivity index (χ0) is 18.6. The number of nitrogens with zero attached hydrogens (tertiary/aromatic N) is 1. The smallest absolute Gasteiger partial charge is 0.326 e. The normalized spacial score (nSPS) is 26.6. The third kappa shape index (κ3) is 4.47. The second-order valence-corrected chi connectivity index (χ2v) is 6.70. The van der Waals surface area contributed by atoms with Crippen molar-refractivity contribution in [1.29, 1.82) is 0 Å². The van der Waals surface area contributed by atoms with Gasteiger partial charge in [0.1, 0.15) is 12.1 Å². The Hall–Kier alpha value is -2.16. The number of carboxylic acids is 2. The molecule has 0 aromatic carbocycles. The molecule has 1 saturated heterocycles. The van der Waals surface area contributed by atoms with E-state index in [4.69, 9.17) is 10.8 Å². The van der Waals surface area contributed by atoms with E-state index in [2.05, 4.69) is 5.32 Å². The highest BCUT2D eigenvalue weighted by molar-refractivity contribution is 5.91. The van der Waals surface area contributed by atoms with E-state index in [-0.39, 0.29) is 37.3 Å². The fourth-order valence-corrected chi connectivity index (χ4v) is 3.95. The molecule has 1 saturated carbocycles. The van der Waals surface area contributed by atoms with Gasteiger partial charge in [0.2, 0.25) is 11.8 Å². The number of nitrogens with two attached hydrogens (primary N) is 1. The Balaban J connectivity index is 2.10. The van der Waals surface area contributed by atoms with Crippen molar-refractivity contribution < 1.29 is 29.4 Å². The Morgan fingerprint density at radius 3 is 2.44 bits per heavy atom. The van der Waals surface area contributed by atoms with Crippen LogP contribution in [0.5, 0.6) is 0 Å². The number of amides is 2. The first-order valence-electron chi connectivity index (χ1n) is 8.61. The number of hydrogen-bond donors (Lipinski definition) is 4. The monoisotopic (exact) mass is 355 g/mol. The quantitative estimate of drug-likeness (QED) is 0.482. The van der Waals surface area contributed by atoms with Crippen molar-refractivity contribution in [3.05, 3.63) is 0 Å². The van der Waals surface area contributed by atoms with Crippen molar-refractivity contribution in [2.45, 2.75) is 63.1 Å². The first-order chi connectivity index (χ1) is 11.8. The van der Waals surface area contributed by atoms with Crippen molar-refractivity contribution in [2.75, 3.05) is 6.54 Å². The van der Waals surface area contributed by atoms with Gasteiger partial charge in [-0.1, -0.05) is 12.8 Å². The Labute approximate surface area is 145 Å². The highest BCUT2D eigenvalue weighted by Crippen LogP contribution is 2.39. The van der Waals surface area contributed by atoms with Gasteiger partial charge in [-0.25, -0.2) is 4.79 Å². The molecule has 1 aliphatic carbocycles. The molecule has 0 bridgehead atoms. The number of likely N-dealkylation sites (tertiary alicyclic amines) is 1. The Kier molecular flexibility index (Phi) is 6.35. The van der Waals surface area contributed by atoms with Gasteiger partial charge in [0.15, 0.2) is 0 Å². The van der Waals surface area contributed by atoms with Crippen LogP contribution in [0, 0.1) is 5.92 Å². The SMILES string of the molecule is NCC(=O)N1[C@H](C(=O)N[C@@H](CCC(=O)O)C(=O)O)C[C@@H]2CCCC[C@@H]21. The van der Waals surface area contributed by atoms with Crippen molar-refractivity contribution in [1.82, 2.24) is 10.2 Å². The lowest BCUT2D eigenvalue weighted by atomic mass is 9.84. The summed E-state index contributed by atoms with van der Waals surface area (Å²) in [4.78, 5) is 48.3. The standard InChI is InChI=1S/C16H25N3O6/c17-8-13(20)19-11-4-2-1-3-9(11)7-12(19)15(23)18-10(16(24)25)5-6-14(21)22/h9-12H,1-8,17H2,(H,18,23)(H,21,22)(H,24,25)/t9-,10-,11-,12-/m0/s1. The minimum absolute atomic E-state index is 0.0251. The van der Waals surface area contributed by atoms with Crippen LogP contribution in [0.25, 0.3) is 0 Å². The number of carbonyl (C=O) groups is 4. The van der Waals surface area contributed by atoms with Crippen LogP contribution < -0.4 is 11.1 Å². The molecule has 0 radical (unpaired) electrons. The van der Waals surface area contributed by atoms with Gasteiger partial charge in [0, 0.05) is 12.5 Å². The molecule has 1 aliphatic heterocycles. The van der Waals surface area contributed by atoms with Gasteiger partial charge in [0.05, 0.1) is 6.54 Å². The van der Waals surface area contributed by atoms with Gasteiger partial charge < -0.3 is 26.2 Å². The summed E-state index contributed by atoms with van der Waals surface area (Å²) < 4.78 is 0. The maximum atomic E-state index is 12.6. The number of hydrogen-bond acceptors (Lipinski definition) is 5. The van der Waals surface area contributed by atoms with Gasteiger partial charge in [-0.3, -0.25) is 14.4 Å². The van der Waals surface area contributed by atoms with Crippen molar-refractivity contribution in [2.24, 2.45) is 11.7 Å². The van der Waals surface area contributed by atoms with E-state index >= 15 is 0 Å². The average molecular weight is 355 g/mol. The third-order valence-corrected chi connectivity index (χ3v) is 5.11. The maximum Gasteiger partial charge on any atom is 0.326 e. The predicted octanol–water partition coefficient (Wildman–Crippen LogP) is -0.461. The molecule has 0 aromatic rings. The van der Waals surface area contributed by atoms with E-state index in [9.17, 15) is 24.3 Å². The number of carboxylic acid groups (broad SMARTS) is 2. The summed E-state index contributed by atoms with van der Waals surface area (Å²) in [6.07, 6.45) is 3.72. The largest absolute Gasteiger partial charge is 0.481 e. The number of aliphatic carboxylic acids is 2. The first-order valence-corrected chi connectivity index (χ1v) is 8.61. The van der Waals surface area contributed by atoms with Crippen LogP contribution >= 0.6 is 0 Å². The van der Waals surface area contributed by atoms with E-state index < -0.39 is 29.9 Å². The highest BCUT2D eigenvalue weighted by atomic mass is 16.4. The molecule has 25 heavy (non-hydrogen) atoms. The highest BCUT2D eigenvalue weighted by Gasteiger charge is 2.47.